The summed E-state index contributed by atoms with van der Waals surface area (Å²) in [6, 6.07) is 0. The van der Waals surface area contributed by atoms with E-state index in [1.54, 1.807) is 0 Å². The number of piperazine rings is 1. The molecule has 0 aromatic carbocycles. The van der Waals surface area contributed by atoms with E-state index in [0.717, 1.165) is 19.5 Å². The Morgan fingerprint density at radius 2 is 2.00 bits per heavy atom. The van der Waals surface area contributed by atoms with Gasteiger partial charge in [-0.05, 0) is 20.9 Å². The van der Waals surface area contributed by atoms with Gasteiger partial charge in [0.05, 0.1) is 6.10 Å². The average molecular weight is 227 g/mol. The van der Waals surface area contributed by atoms with Crippen LogP contribution in [0.2, 0.25) is 0 Å². The maximum absolute atomic E-state index is 5.91. The minimum absolute atomic E-state index is 0.0945. The Balaban J connectivity index is 1.71. The second kappa shape index (κ2) is 5.00. The van der Waals surface area contributed by atoms with Gasteiger partial charge in [-0.3, -0.25) is 5.32 Å². The lowest BCUT2D eigenvalue weighted by atomic mass is 10.1. The monoisotopic (exact) mass is 227 g/mol. The summed E-state index contributed by atoms with van der Waals surface area (Å²) in [7, 11) is 2.20. The lowest BCUT2D eigenvalue weighted by Gasteiger charge is -2.34. The van der Waals surface area contributed by atoms with Crippen LogP contribution >= 0.6 is 0 Å². The molecule has 0 amide bonds. The molecule has 4 nitrogen and oxygen atoms in total. The number of nitrogens with zero attached hydrogens (tertiary/aromatic N) is 2. The van der Waals surface area contributed by atoms with Crippen molar-refractivity contribution >= 4 is 0 Å². The second-order valence-electron chi connectivity index (χ2n) is 5.44. The molecule has 2 rings (SSSR count). The molecule has 2 aliphatic rings. The Morgan fingerprint density at radius 3 is 2.56 bits per heavy atom. The highest BCUT2D eigenvalue weighted by Gasteiger charge is 2.33. The highest BCUT2D eigenvalue weighted by molar-refractivity contribution is 4.83. The SMILES string of the molecule is CC1CNC(C)(CCN2CCN(C)CC2)O1. The minimum atomic E-state index is -0.0945. The van der Waals surface area contributed by atoms with Crippen molar-refractivity contribution in [3.63, 3.8) is 0 Å². The quantitative estimate of drug-likeness (QED) is 0.753. The summed E-state index contributed by atoms with van der Waals surface area (Å²) in [5.41, 5.74) is -0.0945. The first kappa shape index (κ1) is 12.3. The van der Waals surface area contributed by atoms with Gasteiger partial charge in [-0.15, -0.1) is 0 Å². The molecule has 16 heavy (non-hydrogen) atoms. The largest absolute Gasteiger partial charge is 0.357 e. The van der Waals surface area contributed by atoms with Crippen LogP contribution in [0.25, 0.3) is 0 Å². The van der Waals surface area contributed by atoms with E-state index in [-0.39, 0.29) is 5.72 Å². The summed E-state index contributed by atoms with van der Waals surface area (Å²) in [5.74, 6) is 0. The van der Waals surface area contributed by atoms with Crippen LogP contribution < -0.4 is 5.32 Å². The van der Waals surface area contributed by atoms with Crippen LogP contribution in [0.5, 0.6) is 0 Å². The first-order chi connectivity index (χ1) is 7.57. The van der Waals surface area contributed by atoms with Crippen LogP contribution in [-0.4, -0.2) is 67.9 Å². The van der Waals surface area contributed by atoms with Gasteiger partial charge in [-0.1, -0.05) is 0 Å². The molecule has 0 radical (unpaired) electrons. The molecular formula is C12H25N3O. The van der Waals surface area contributed by atoms with Gasteiger partial charge in [0, 0.05) is 45.7 Å². The molecule has 2 fully saturated rings. The summed E-state index contributed by atoms with van der Waals surface area (Å²) in [4.78, 5) is 4.93. The van der Waals surface area contributed by atoms with E-state index in [9.17, 15) is 0 Å². The van der Waals surface area contributed by atoms with Crippen molar-refractivity contribution in [1.82, 2.24) is 15.1 Å². The van der Waals surface area contributed by atoms with Crippen molar-refractivity contribution < 1.29 is 4.74 Å². The molecule has 0 bridgehead atoms. The maximum atomic E-state index is 5.91. The molecule has 0 aliphatic carbocycles. The van der Waals surface area contributed by atoms with Gasteiger partial charge in [-0.25, -0.2) is 0 Å². The zero-order valence-electron chi connectivity index (χ0n) is 10.8. The molecule has 1 N–H and O–H groups in total. The fourth-order valence-electron chi connectivity index (χ4n) is 2.48. The smallest absolute Gasteiger partial charge is 0.118 e. The van der Waals surface area contributed by atoms with Crippen molar-refractivity contribution in [2.24, 2.45) is 0 Å². The van der Waals surface area contributed by atoms with Crippen LogP contribution in [0.1, 0.15) is 20.3 Å². The van der Waals surface area contributed by atoms with Gasteiger partial charge in [0.25, 0.3) is 0 Å². The van der Waals surface area contributed by atoms with Gasteiger partial charge in [0.15, 0.2) is 0 Å². The zero-order valence-corrected chi connectivity index (χ0v) is 10.8. The number of hydrogen-bond acceptors (Lipinski definition) is 4. The molecule has 0 spiro atoms. The van der Waals surface area contributed by atoms with Crippen molar-refractivity contribution in [2.45, 2.75) is 32.1 Å². The van der Waals surface area contributed by atoms with E-state index in [1.807, 2.05) is 0 Å². The number of hydrogen-bond donors (Lipinski definition) is 1. The molecule has 2 aliphatic heterocycles. The van der Waals surface area contributed by atoms with Crippen molar-refractivity contribution in [3.05, 3.63) is 0 Å². The predicted molar refractivity (Wildman–Crippen MR) is 65.5 cm³/mol. The Hall–Kier alpha value is -0.160. The number of nitrogens with one attached hydrogen (secondary N) is 1. The highest BCUT2D eigenvalue weighted by atomic mass is 16.5. The van der Waals surface area contributed by atoms with Crippen LogP contribution in [0.3, 0.4) is 0 Å². The average Bonchev–Trinajstić information content (AvgIpc) is 2.59. The molecule has 2 saturated heterocycles. The Morgan fingerprint density at radius 1 is 1.31 bits per heavy atom. The fraction of sp³-hybridized carbons (Fsp3) is 1.00. The van der Waals surface area contributed by atoms with E-state index in [2.05, 4.69) is 36.0 Å². The van der Waals surface area contributed by atoms with E-state index < -0.39 is 0 Å². The Labute approximate surface area is 98.9 Å². The normalized spacial score (nSPS) is 38.1. The third-order valence-electron chi connectivity index (χ3n) is 3.73. The summed E-state index contributed by atoms with van der Waals surface area (Å²) in [6.45, 7) is 11.2. The molecule has 0 saturated carbocycles. The fourth-order valence-corrected chi connectivity index (χ4v) is 2.48. The molecule has 0 aromatic heterocycles. The van der Waals surface area contributed by atoms with Crippen LogP contribution in [0, 0.1) is 0 Å². The van der Waals surface area contributed by atoms with Crippen molar-refractivity contribution in [1.29, 1.82) is 0 Å². The Kier molecular flexibility index (Phi) is 3.85. The lowest BCUT2D eigenvalue weighted by molar-refractivity contribution is -0.0422. The molecule has 4 heteroatoms. The number of rotatable bonds is 3. The predicted octanol–water partition coefficient (Wildman–Crippen LogP) is 0.348. The first-order valence-corrected chi connectivity index (χ1v) is 6.41. The second-order valence-corrected chi connectivity index (χ2v) is 5.44. The van der Waals surface area contributed by atoms with Crippen molar-refractivity contribution in [3.8, 4) is 0 Å². The van der Waals surface area contributed by atoms with Crippen LogP contribution in [0.4, 0.5) is 0 Å². The van der Waals surface area contributed by atoms with E-state index in [4.69, 9.17) is 4.74 Å². The molecular weight excluding hydrogens is 202 g/mol. The van der Waals surface area contributed by atoms with E-state index >= 15 is 0 Å². The standard InChI is InChI=1S/C12H25N3O/c1-11-10-13-12(2,16-11)4-5-15-8-6-14(3)7-9-15/h11,13H,4-10H2,1-3H3. The Bertz CT molecular complexity index is 228. The van der Waals surface area contributed by atoms with E-state index in [0.29, 0.717) is 6.10 Å². The first-order valence-electron chi connectivity index (χ1n) is 6.41. The van der Waals surface area contributed by atoms with E-state index in [1.165, 1.54) is 26.2 Å². The van der Waals surface area contributed by atoms with Gasteiger partial charge in [-0.2, -0.15) is 0 Å². The molecule has 0 aromatic rings. The summed E-state index contributed by atoms with van der Waals surface area (Å²) >= 11 is 0. The number of ether oxygens (including phenoxy) is 1. The molecule has 2 unspecified atom stereocenters. The van der Waals surface area contributed by atoms with Gasteiger partial charge >= 0.3 is 0 Å². The minimum Gasteiger partial charge on any atom is -0.357 e. The highest BCUT2D eigenvalue weighted by Crippen LogP contribution is 2.20. The van der Waals surface area contributed by atoms with Crippen LogP contribution in [-0.2, 0) is 4.74 Å². The summed E-state index contributed by atoms with van der Waals surface area (Å²) in [5, 5.41) is 3.47. The zero-order chi connectivity index (χ0) is 11.6. The number of likely N-dealkylation sites (N-methyl/N-ethyl adjacent to an activating group) is 1. The molecule has 2 atom stereocenters. The van der Waals surface area contributed by atoms with Gasteiger partial charge < -0.3 is 14.5 Å². The molecule has 2 heterocycles. The van der Waals surface area contributed by atoms with Crippen LogP contribution in [0.15, 0.2) is 0 Å². The van der Waals surface area contributed by atoms with Crippen molar-refractivity contribution in [2.75, 3.05) is 46.3 Å². The maximum Gasteiger partial charge on any atom is 0.118 e. The summed E-state index contributed by atoms with van der Waals surface area (Å²) in [6.07, 6.45) is 1.44. The van der Waals surface area contributed by atoms with Gasteiger partial charge in [0.2, 0.25) is 0 Å². The van der Waals surface area contributed by atoms with Gasteiger partial charge in [0.1, 0.15) is 5.72 Å². The molecule has 94 valence electrons. The topological polar surface area (TPSA) is 27.7 Å². The summed E-state index contributed by atoms with van der Waals surface area (Å²) < 4.78 is 5.91. The third-order valence-corrected chi connectivity index (χ3v) is 3.73. The third kappa shape index (κ3) is 3.17. The lowest BCUT2D eigenvalue weighted by Crippen LogP contribution is -2.47.